The molecule has 30 heavy (non-hydrogen) atoms. The van der Waals surface area contributed by atoms with Crippen molar-refractivity contribution < 1.29 is 14.3 Å². The van der Waals surface area contributed by atoms with Gasteiger partial charge >= 0.3 is 0 Å². The number of amides is 2. The van der Waals surface area contributed by atoms with Crippen LogP contribution in [0.15, 0.2) is 67.0 Å². The van der Waals surface area contributed by atoms with Crippen LogP contribution in [-0.4, -0.2) is 38.0 Å². The average Bonchev–Trinajstić information content (AvgIpc) is 2.78. The molecule has 0 aliphatic heterocycles. The van der Waals surface area contributed by atoms with Crippen LogP contribution in [0, 0.1) is 0 Å². The van der Waals surface area contributed by atoms with E-state index in [1.807, 2.05) is 31.1 Å². The molecule has 3 rings (SSSR count). The average molecular weight is 404 g/mol. The van der Waals surface area contributed by atoms with Crippen molar-refractivity contribution in [3.63, 3.8) is 0 Å². The van der Waals surface area contributed by atoms with E-state index in [1.54, 1.807) is 62.0 Å². The van der Waals surface area contributed by atoms with Crippen LogP contribution in [0.1, 0.15) is 26.3 Å². The number of pyridine rings is 1. The maximum absolute atomic E-state index is 12.8. The van der Waals surface area contributed by atoms with E-state index >= 15 is 0 Å². The number of nitrogens with zero attached hydrogens (tertiary/aromatic N) is 2. The third kappa shape index (κ3) is 5.14. The van der Waals surface area contributed by atoms with Crippen LogP contribution in [0.4, 0.5) is 11.4 Å². The van der Waals surface area contributed by atoms with Gasteiger partial charge in [0, 0.05) is 50.0 Å². The molecule has 7 nitrogen and oxygen atoms in total. The van der Waals surface area contributed by atoms with Crippen molar-refractivity contribution >= 4 is 23.2 Å². The molecule has 0 saturated carbocycles. The van der Waals surface area contributed by atoms with Gasteiger partial charge < -0.3 is 20.3 Å². The number of methoxy groups -OCH3 is 1. The zero-order chi connectivity index (χ0) is 21.5. The zero-order valence-corrected chi connectivity index (χ0v) is 17.2. The summed E-state index contributed by atoms with van der Waals surface area (Å²) >= 11 is 0. The second kappa shape index (κ2) is 9.56. The van der Waals surface area contributed by atoms with E-state index < -0.39 is 0 Å². The molecule has 2 aromatic carbocycles. The molecule has 2 N–H and O–H groups in total. The number of anilines is 2. The summed E-state index contributed by atoms with van der Waals surface area (Å²) in [4.78, 5) is 31.4. The minimum atomic E-state index is -0.284. The molecule has 0 bridgehead atoms. The number of benzene rings is 2. The lowest BCUT2D eigenvalue weighted by molar-refractivity contribution is 0.0950. The monoisotopic (exact) mass is 404 g/mol. The molecule has 0 fully saturated rings. The minimum absolute atomic E-state index is 0.236. The highest BCUT2D eigenvalue weighted by atomic mass is 16.5. The Morgan fingerprint density at radius 2 is 1.87 bits per heavy atom. The first-order valence-electron chi connectivity index (χ1n) is 9.42. The second-order valence-corrected chi connectivity index (χ2v) is 6.86. The maximum atomic E-state index is 12.8. The molecule has 0 saturated heterocycles. The largest absolute Gasteiger partial charge is 0.497 e. The van der Waals surface area contributed by atoms with Gasteiger partial charge in [0.1, 0.15) is 5.75 Å². The Hall–Kier alpha value is -3.87. The van der Waals surface area contributed by atoms with Crippen molar-refractivity contribution in [3.05, 3.63) is 83.7 Å². The summed E-state index contributed by atoms with van der Waals surface area (Å²) < 4.78 is 5.17. The van der Waals surface area contributed by atoms with E-state index in [1.165, 1.54) is 0 Å². The van der Waals surface area contributed by atoms with E-state index in [2.05, 4.69) is 15.6 Å². The number of rotatable bonds is 7. The summed E-state index contributed by atoms with van der Waals surface area (Å²) in [5.74, 6) is 0.0781. The second-order valence-electron chi connectivity index (χ2n) is 6.86. The Balaban J connectivity index is 1.79. The molecule has 1 aromatic heterocycles. The molecule has 0 atom stereocenters. The van der Waals surface area contributed by atoms with Gasteiger partial charge in [0.15, 0.2) is 0 Å². The third-order valence-electron chi connectivity index (χ3n) is 4.49. The number of aromatic nitrogens is 1. The minimum Gasteiger partial charge on any atom is -0.497 e. The normalized spacial score (nSPS) is 10.2. The smallest absolute Gasteiger partial charge is 0.255 e. The first-order valence-corrected chi connectivity index (χ1v) is 9.42. The molecule has 0 radical (unpaired) electrons. The lowest BCUT2D eigenvalue weighted by atomic mass is 10.1. The Kier molecular flexibility index (Phi) is 6.64. The van der Waals surface area contributed by atoms with Gasteiger partial charge in [0.25, 0.3) is 11.8 Å². The van der Waals surface area contributed by atoms with Crippen molar-refractivity contribution in [2.24, 2.45) is 0 Å². The van der Waals surface area contributed by atoms with Gasteiger partial charge in [-0.15, -0.1) is 0 Å². The van der Waals surface area contributed by atoms with Gasteiger partial charge in [-0.2, -0.15) is 0 Å². The van der Waals surface area contributed by atoms with E-state index in [-0.39, 0.29) is 11.8 Å². The summed E-state index contributed by atoms with van der Waals surface area (Å²) in [6.07, 6.45) is 3.39. The molecule has 1 heterocycles. The van der Waals surface area contributed by atoms with Crippen LogP contribution in [-0.2, 0) is 6.54 Å². The van der Waals surface area contributed by atoms with E-state index in [9.17, 15) is 9.59 Å². The van der Waals surface area contributed by atoms with Crippen LogP contribution >= 0.6 is 0 Å². The predicted octanol–water partition coefficient (Wildman–Crippen LogP) is 3.34. The van der Waals surface area contributed by atoms with Gasteiger partial charge in [-0.1, -0.05) is 12.1 Å². The highest BCUT2D eigenvalue weighted by Crippen LogP contribution is 2.24. The lowest BCUT2D eigenvalue weighted by Crippen LogP contribution is -2.25. The van der Waals surface area contributed by atoms with Gasteiger partial charge in [-0.05, 0) is 48.0 Å². The summed E-state index contributed by atoms with van der Waals surface area (Å²) in [5.41, 5.74) is 3.11. The van der Waals surface area contributed by atoms with Gasteiger partial charge in [0.05, 0.1) is 12.7 Å². The Morgan fingerprint density at radius 3 is 2.57 bits per heavy atom. The number of carbonyl (C=O) groups excluding carboxylic acids is 2. The number of hydrogen-bond donors (Lipinski definition) is 2. The number of nitrogens with one attached hydrogen (secondary N) is 2. The fourth-order valence-corrected chi connectivity index (χ4v) is 2.93. The summed E-state index contributed by atoms with van der Waals surface area (Å²) in [6.45, 7) is 0.361. The molecule has 7 heteroatoms. The molecule has 154 valence electrons. The van der Waals surface area contributed by atoms with Crippen LogP contribution < -0.4 is 20.3 Å². The topological polar surface area (TPSA) is 83.6 Å². The summed E-state index contributed by atoms with van der Waals surface area (Å²) in [6, 6.07) is 15.8. The molecular formula is C23H24N4O3. The van der Waals surface area contributed by atoms with Gasteiger partial charge in [0.2, 0.25) is 0 Å². The molecule has 0 unspecified atom stereocenters. The first-order chi connectivity index (χ1) is 14.5. The van der Waals surface area contributed by atoms with E-state index in [4.69, 9.17) is 4.74 Å². The van der Waals surface area contributed by atoms with Crippen LogP contribution in [0.3, 0.4) is 0 Å². The molecule has 0 aliphatic carbocycles. The number of hydrogen-bond acceptors (Lipinski definition) is 5. The van der Waals surface area contributed by atoms with Gasteiger partial charge in [-0.3, -0.25) is 14.6 Å². The Labute approximate surface area is 175 Å². The molecule has 3 aromatic rings. The Morgan fingerprint density at radius 1 is 1.03 bits per heavy atom. The summed E-state index contributed by atoms with van der Waals surface area (Å²) in [5, 5.41) is 5.74. The van der Waals surface area contributed by atoms with Crippen LogP contribution in [0.5, 0.6) is 5.75 Å². The number of carbonyl (C=O) groups is 2. The molecule has 2 amide bonds. The first kappa shape index (κ1) is 20.9. The fourth-order valence-electron chi connectivity index (χ4n) is 2.93. The highest BCUT2D eigenvalue weighted by molar-refractivity contribution is 6.06. The lowest BCUT2D eigenvalue weighted by Gasteiger charge is -2.18. The van der Waals surface area contributed by atoms with Crippen molar-refractivity contribution in [3.8, 4) is 5.75 Å². The Bertz CT molecular complexity index is 1040. The molecule has 0 spiro atoms. The third-order valence-corrected chi connectivity index (χ3v) is 4.49. The van der Waals surface area contributed by atoms with Crippen molar-refractivity contribution in [2.45, 2.75) is 6.54 Å². The number of ether oxygens (including phenoxy) is 1. The fraction of sp³-hybridized carbons (Fsp3) is 0.174. The van der Waals surface area contributed by atoms with Crippen LogP contribution in [0.2, 0.25) is 0 Å². The van der Waals surface area contributed by atoms with Crippen molar-refractivity contribution in [1.29, 1.82) is 0 Å². The standard InChI is InChI=1S/C23H24N4O3/c1-27(2)21-10-9-18(26-22(28)17-7-4-8-19(12-17)30-3)13-20(21)23(29)25-15-16-6-5-11-24-14-16/h4-14H,15H2,1-3H3,(H,25,29)(H,26,28). The van der Waals surface area contributed by atoms with Gasteiger partial charge in [-0.25, -0.2) is 0 Å². The molecular weight excluding hydrogens is 380 g/mol. The SMILES string of the molecule is COc1cccc(C(=O)Nc2ccc(N(C)C)c(C(=O)NCc3cccnc3)c2)c1. The van der Waals surface area contributed by atoms with E-state index in [0.717, 1.165) is 11.3 Å². The quantitative estimate of drug-likeness (QED) is 0.631. The van der Waals surface area contributed by atoms with Crippen molar-refractivity contribution in [1.82, 2.24) is 10.3 Å². The van der Waals surface area contributed by atoms with Crippen LogP contribution in [0.25, 0.3) is 0 Å². The molecule has 0 aliphatic rings. The maximum Gasteiger partial charge on any atom is 0.255 e. The predicted molar refractivity (Wildman–Crippen MR) is 117 cm³/mol. The summed E-state index contributed by atoms with van der Waals surface area (Å²) in [7, 11) is 5.27. The van der Waals surface area contributed by atoms with Crippen molar-refractivity contribution in [2.75, 3.05) is 31.4 Å². The van der Waals surface area contributed by atoms with E-state index in [0.29, 0.717) is 29.1 Å². The zero-order valence-electron chi connectivity index (χ0n) is 17.2. The highest BCUT2D eigenvalue weighted by Gasteiger charge is 2.15.